The molecular formula is C21H29NO2. The lowest BCUT2D eigenvalue weighted by Gasteiger charge is -2.22. The van der Waals surface area contributed by atoms with Gasteiger partial charge in [-0.1, -0.05) is 46.8 Å². The fourth-order valence-electron chi connectivity index (χ4n) is 3.97. The smallest absolute Gasteiger partial charge is 0.139 e. The molecule has 130 valence electrons. The maximum absolute atomic E-state index is 12.1. The Bertz CT molecular complexity index is 649. The molecule has 3 heteroatoms. The highest BCUT2D eigenvalue weighted by Gasteiger charge is 2.43. The Morgan fingerprint density at radius 2 is 2.00 bits per heavy atom. The Morgan fingerprint density at radius 3 is 2.62 bits per heavy atom. The van der Waals surface area contributed by atoms with Gasteiger partial charge in [0, 0.05) is 24.5 Å². The molecule has 0 radical (unpaired) electrons. The number of carbonyl (C=O) groups is 1. The van der Waals surface area contributed by atoms with Crippen molar-refractivity contribution in [3.05, 3.63) is 29.3 Å². The SMILES string of the molecule is CC[C@H]1O[C@@H](C2C=Nc3ccc(CC(=O)C(C)C)cc32)C(C)[C@H]1C. The predicted molar refractivity (Wildman–Crippen MR) is 98.2 cm³/mol. The summed E-state index contributed by atoms with van der Waals surface area (Å²) in [6, 6.07) is 6.26. The van der Waals surface area contributed by atoms with Crippen LogP contribution in [0.5, 0.6) is 0 Å². The van der Waals surface area contributed by atoms with Crippen molar-refractivity contribution < 1.29 is 9.53 Å². The molecule has 3 nitrogen and oxygen atoms in total. The molecule has 0 amide bonds. The summed E-state index contributed by atoms with van der Waals surface area (Å²) in [6.07, 6.45) is 4.14. The Labute approximate surface area is 145 Å². The third kappa shape index (κ3) is 3.06. The van der Waals surface area contributed by atoms with Crippen LogP contribution in [-0.2, 0) is 16.0 Å². The van der Waals surface area contributed by atoms with Crippen molar-refractivity contribution >= 4 is 17.7 Å². The number of hydrogen-bond acceptors (Lipinski definition) is 3. The van der Waals surface area contributed by atoms with E-state index in [4.69, 9.17) is 4.74 Å². The highest BCUT2D eigenvalue weighted by atomic mass is 16.5. The summed E-state index contributed by atoms with van der Waals surface area (Å²) in [5, 5.41) is 0. The average Bonchev–Trinajstić information content (AvgIpc) is 3.09. The quantitative estimate of drug-likeness (QED) is 0.786. The molecular weight excluding hydrogens is 298 g/mol. The first-order valence-corrected chi connectivity index (χ1v) is 9.27. The number of carbonyl (C=O) groups excluding carboxylic acids is 1. The summed E-state index contributed by atoms with van der Waals surface area (Å²) in [5.41, 5.74) is 3.35. The molecule has 3 rings (SSSR count). The van der Waals surface area contributed by atoms with Crippen molar-refractivity contribution in [3.8, 4) is 0 Å². The number of rotatable bonds is 5. The number of hydrogen-bond donors (Lipinski definition) is 0. The molecule has 1 aromatic carbocycles. The van der Waals surface area contributed by atoms with Crippen molar-refractivity contribution in [2.45, 2.75) is 65.6 Å². The average molecular weight is 327 g/mol. The molecule has 2 unspecified atom stereocenters. The van der Waals surface area contributed by atoms with Gasteiger partial charge in [0.1, 0.15) is 5.78 Å². The van der Waals surface area contributed by atoms with E-state index >= 15 is 0 Å². The number of ether oxygens (including phenoxy) is 1. The predicted octanol–water partition coefficient (Wildman–Crippen LogP) is 4.70. The van der Waals surface area contributed by atoms with E-state index < -0.39 is 0 Å². The summed E-state index contributed by atoms with van der Waals surface area (Å²) in [7, 11) is 0. The molecule has 0 bridgehead atoms. The molecule has 1 saturated heterocycles. The minimum absolute atomic E-state index is 0.0784. The molecule has 1 fully saturated rings. The molecule has 0 saturated carbocycles. The number of ketones is 1. The number of nitrogens with zero attached hydrogens (tertiary/aromatic N) is 1. The van der Waals surface area contributed by atoms with Crippen LogP contribution < -0.4 is 0 Å². The van der Waals surface area contributed by atoms with Gasteiger partial charge in [0.25, 0.3) is 0 Å². The monoisotopic (exact) mass is 327 g/mol. The van der Waals surface area contributed by atoms with Gasteiger partial charge in [-0.05, 0) is 35.4 Å². The number of aliphatic imine (C=N–C) groups is 1. The zero-order chi connectivity index (χ0) is 17.4. The summed E-state index contributed by atoms with van der Waals surface area (Å²) in [6.45, 7) is 10.7. The minimum Gasteiger partial charge on any atom is -0.373 e. The van der Waals surface area contributed by atoms with E-state index in [1.807, 2.05) is 26.1 Å². The number of benzene rings is 1. The third-order valence-electron chi connectivity index (χ3n) is 5.87. The zero-order valence-electron chi connectivity index (χ0n) is 15.5. The van der Waals surface area contributed by atoms with Gasteiger partial charge < -0.3 is 4.74 Å². The van der Waals surface area contributed by atoms with Crippen LogP contribution in [0.2, 0.25) is 0 Å². The number of Topliss-reactive ketones (excluding diaryl/α,β-unsaturated/α-hetero) is 1. The van der Waals surface area contributed by atoms with Crippen LogP contribution in [0, 0.1) is 17.8 Å². The van der Waals surface area contributed by atoms with E-state index in [1.54, 1.807) is 0 Å². The van der Waals surface area contributed by atoms with Crippen LogP contribution in [0.15, 0.2) is 23.2 Å². The van der Waals surface area contributed by atoms with Gasteiger partial charge in [0.15, 0.2) is 0 Å². The van der Waals surface area contributed by atoms with Crippen LogP contribution >= 0.6 is 0 Å². The topological polar surface area (TPSA) is 38.7 Å². The maximum atomic E-state index is 12.1. The zero-order valence-corrected chi connectivity index (χ0v) is 15.5. The van der Waals surface area contributed by atoms with E-state index in [0.717, 1.165) is 17.7 Å². The fraction of sp³-hybridized carbons (Fsp3) is 0.619. The Morgan fingerprint density at radius 1 is 1.25 bits per heavy atom. The van der Waals surface area contributed by atoms with Gasteiger partial charge in [0.2, 0.25) is 0 Å². The van der Waals surface area contributed by atoms with Gasteiger partial charge in [-0.2, -0.15) is 0 Å². The molecule has 0 aliphatic carbocycles. The first kappa shape index (κ1) is 17.3. The van der Waals surface area contributed by atoms with Crippen LogP contribution in [-0.4, -0.2) is 24.2 Å². The largest absolute Gasteiger partial charge is 0.373 e. The second-order valence-electron chi connectivity index (χ2n) is 7.76. The van der Waals surface area contributed by atoms with Crippen LogP contribution in [0.1, 0.15) is 58.1 Å². The normalized spacial score (nSPS) is 31.7. The van der Waals surface area contributed by atoms with Gasteiger partial charge in [0.05, 0.1) is 17.9 Å². The minimum atomic E-state index is 0.0784. The second-order valence-corrected chi connectivity index (χ2v) is 7.76. The molecule has 0 aromatic heterocycles. The molecule has 5 atom stereocenters. The number of fused-ring (bicyclic) bond motifs is 1. The van der Waals surface area contributed by atoms with E-state index in [0.29, 0.717) is 24.4 Å². The Kier molecular flexibility index (Phi) is 4.91. The van der Waals surface area contributed by atoms with E-state index in [-0.39, 0.29) is 23.7 Å². The molecule has 24 heavy (non-hydrogen) atoms. The lowest BCUT2D eigenvalue weighted by Crippen LogP contribution is -2.24. The summed E-state index contributed by atoms with van der Waals surface area (Å²) in [5.74, 6) is 1.66. The molecule has 0 N–H and O–H groups in total. The molecule has 2 heterocycles. The third-order valence-corrected chi connectivity index (χ3v) is 5.87. The summed E-state index contributed by atoms with van der Waals surface area (Å²) in [4.78, 5) is 16.7. The molecule has 0 spiro atoms. The lowest BCUT2D eigenvalue weighted by atomic mass is 9.82. The van der Waals surface area contributed by atoms with Gasteiger partial charge >= 0.3 is 0 Å². The lowest BCUT2D eigenvalue weighted by molar-refractivity contribution is -0.121. The van der Waals surface area contributed by atoms with Crippen molar-refractivity contribution in [2.75, 3.05) is 0 Å². The van der Waals surface area contributed by atoms with Crippen molar-refractivity contribution in [1.29, 1.82) is 0 Å². The molecule has 1 aromatic rings. The van der Waals surface area contributed by atoms with Crippen LogP contribution in [0.25, 0.3) is 0 Å². The van der Waals surface area contributed by atoms with Gasteiger partial charge in [-0.15, -0.1) is 0 Å². The van der Waals surface area contributed by atoms with E-state index in [2.05, 4.69) is 37.9 Å². The second kappa shape index (κ2) is 6.79. The van der Waals surface area contributed by atoms with E-state index in [1.165, 1.54) is 5.56 Å². The maximum Gasteiger partial charge on any atom is 0.139 e. The summed E-state index contributed by atoms with van der Waals surface area (Å²) < 4.78 is 6.38. The van der Waals surface area contributed by atoms with Crippen LogP contribution in [0.4, 0.5) is 5.69 Å². The first-order chi connectivity index (χ1) is 11.4. The summed E-state index contributed by atoms with van der Waals surface area (Å²) >= 11 is 0. The first-order valence-electron chi connectivity index (χ1n) is 9.27. The fourth-order valence-corrected chi connectivity index (χ4v) is 3.97. The van der Waals surface area contributed by atoms with Gasteiger partial charge in [-0.3, -0.25) is 9.79 Å². The van der Waals surface area contributed by atoms with Crippen molar-refractivity contribution in [3.63, 3.8) is 0 Å². The van der Waals surface area contributed by atoms with Crippen molar-refractivity contribution in [2.24, 2.45) is 22.7 Å². The Balaban J connectivity index is 1.83. The van der Waals surface area contributed by atoms with E-state index in [9.17, 15) is 4.79 Å². The van der Waals surface area contributed by atoms with Gasteiger partial charge in [-0.25, -0.2) is 0 Å². The Hall–Kier alpha value is -1.48. The standard InChI is InChI=1S/C21H29NO2/c1-6-20-13(4)14(5)21(24-20)17-11-22-18-8-7-15(9-16(17)18)10-19(23)12(2)3/h7-9,11-14,17,20-21H,6,10H2,1-5H3/t13-,14?,17?,20-,21-/m1/s1. The van der Waals surface area contributed by atoms with Crippen LogP contribution in [0.3, 0.4) is 0 Å². The highest BCUT2D eigenvalue weighted by molar-refractivity contribution is 5.84. The molecule has 2 aliphatic rings. The van der Waals surface area contributed by atoms with Crippen molar-refractivity contribution in [1.82, 2.24) is 0 Å². The highest BCUT2D eigenvalue weighted by Crippen LogP contribution is 2.44. The molecule has 2 aliphatic heterocycles.